The first-order valence-electron chi connectivity index (χ1n) is 5.61. The molecule has 0 aliphatic carbocycles. The van der Waals surface area contributed by atoms with Gasteiger partial charge in [-0.15, -0.1) is 0 Å². The van der Waals surface area contributed by atoms with Crippen molar-refractivity contribution in [2.45, 2.75) is 39.3 Å². The van der Waals surface area contributed by atoms with E-state index in [1.807, 2.05) is 12.1 Å². The van der Waals surface area contributed by atoms with Crippen LogP contribution >= 0.6 is 11.6 Å². The molecule has 0 heterocycles. The second-order valence-corrected chi connectivity index (χ2v) is 4.80. The Hall–Kier alpha value is -0.730. The number of rotatable bonds is 5. The lowest BCUT2D eigenvalue weighted by Crippen LogP contribution is -2.33. The molecule has 1 rings (SSSR count). The fourth-order valence-corrected chi connectivity index (χ4v) is 2.10. The topological polar surface area (TPSA) is 21.3 Å². The maximum absolute atomic E-state index is 6.07. The van der Waals surface area contributed by atoms with Crippen LogP contribution in [0.25, 0.3) is 0 Å². The molecule has 0 spiro atoms. The van der Waals surface area contributed by atoms with Crippen LogP contribution in [-0.4, -0.2) is 19.2 Å². The molecule has 0 saturated heterocycles. The maximum atomic E-state index is 6.07. The van der Waals surface area contributed by atoms with Gasteiger partial charge in [0, 0.05) is 12.1 Å². The zero-order valence-electron chi connectivity index (χ0n) is 10.4. The van der Waals surface area contributed by atoms with Gasteiger partial charge in [-0.3, -0.25) is 0 Å². The van der Waals surface area contributed by atoms with E-state index in [1.54, 1.807) is 7.11 Å². The van der Waals surface area contributed by atoms with Crippen LogP contribution < -0.4 is 10.1 Å². The van der Waals surface area contributed by atoms with Gasteiger partial charge in [-0.1, -0.05) is 31.5 Å². The van der Waals surface area contributed by atoms with Gasteiger partial charge in [-0.25, -0.2) is 0 Å². The molecule has 0 aromatic heterocycles. The van der Waals surface area contributed by atoms with Crippen LogP contribution in [0, 0.1) is 0 Å². The van der Waals surface area contributed by atoms with Gasteiger partial charge in [0.15, 0.2) is 0 Å². The zero-order chi connectivity index (χ0) is 12.1. The highest BCUT2D eigenvalue weighted by Gasteiger charge is 2.07. The third-order valence-corrected chi connectivity index (χ3v) is 2.67. The molecule has 2 nitrogen and oxygen atoms in total. The summed E-state index contributed by atoms with van der Waals surface area (Å²) >= 11 is 6.07. The number of benzene rings is 1. The van der Waals surface area contributed by atoms with Gasteiger partial charge in [-0.05, 0) is 31.0 Å². The minimum atomic E-state index is 0.449. The van der Waals surface area contributed by atoms with E-state index >= 15 is 0 Å². The molecule has 0 bridgehead atoms. The molecule has 1 atom stereocenters. The number of methoxy groups -OCH3 is 1. The Morgan fingerprint density at radius 1 is 1.31 bits per heavy atom. The Balaban J connectivity index is 2.64. The summed E-state index contributed by atoms with van der Waals surface area (Å²) < 4.78 is 5.12. The highest BCUT2D eigenvalue weighted by molar-refractivity contribution is 6.32. The summed E-state index contributed by atoms with van der Waals surface area (Å²) in [4.78, 5) is 0. The molecule has 3 heteroatoms. The molecular formula is C13H20ClNO. The molecule has 0 saturated carbocycles. The Morgan fingerprint density at radius 2 is 2.00 bits per heavy atom. The van der Waals surface area contributed by atoms with Gasteiger partial charge in [0.1, 0.15) is 5.75 Å². The minimum absolute atomic E-state index is 0.449. The van der Waals surface area contributed by atoms with Crippen LogP contribution in [-0.2, 0) is 6.42 Å². The van der Waals surface area contributed by atoms with E-state index in [-0.39, 0.29) is 0 Å². The molecular weight excluding hydrogens is 222 g/mol. The van der Waals surface area contributed by atoms with Crippen molar-refractivity contribution in [1.29, 1.82) is 0 Å². The quantitative estimate of drug-likeness (QED) is 0.854. The van der Waals surface area contributed by atoms with Crippen LogP contribution in [0.4, 0.5) is 0 Å². The number of nitrogens with one attached hydrogen (secondary N) is 1. The second-order valence-electron chi connectivity index (χ2n) is 4.40. The summed E-state index contributed by atoms with van der Waals surface area (Å²) in [6.45, 7) is 6.48. The Labute approximate surface area is 103 Å². The standard InChI is InChI=1S/C13H20ClNO/c1-9(2)15-10(3)7-11-5-6-13(16-4)12(14)8-11/h5-6,8-10,15H,7H2,1-4H3. The molecule has 1 unspecified atom stereocenters. The average molecular weight is 242 g/mol. The second kappa shape index (κ2) is 6.12. The number of ether oxygens (including phenoxy) is 1. The summed E-state index contributed by atoms with van der Waals surface area (Å²) in [7, 11) is 1.63. The van der Waals surface area contributed by atoms with E-state index in [9.17, 15) is 0 Å². The summed E-state index contributed by atoms with van der Waals surface area (Å²) in [5, 5.41) is 4.14. The van der Waals surface area contributed by atoms with Gasteiger partial charge in [-0.2, -0.15) is 0 Å². The van der Waals surface area contributed by atoms with Crippen LogP contribution in [0.15, 0.2) is 18.2 Å². The molecule has 0 fully saturated rings. The van der Waals surface area contributed by atoms with E-state index in [1.165, 1.54) is 5.56 Å². The lowest BCUT2D eigenvalue weighted by atomic mass is 10.1. The van der Waals surface area contributed by atoms with Gasteiger partial charge < -0.3 is 10.1 Å². The molecule has 0 aliphatic rings. The monoisotopic (exact) mass is 241 g/mol. The van der Waals surface area contributed by atoms with Crippen molar-refractivity contribution in [2.75, 3.05) is 7.11 Å². The highest BCUT2D eigenvalue weighted by Crippen LogP contribution is 2.25. The summed E-state index contributed by atoms with van der Waals surface area (Å²) in [6, 6.07) is 6.90. The summed E-state index contributed by atoms with van der Waals surface area (Å²) in [5.41, 5.74) is 1.23. The van der Waals surface area contributed by atoms with Crippen molar-refractivity contribution in [3.63, 3.8) is 0 Å². The van der Waals surface area contributed by atoms with Crippen molar-refractivity contribution in [1.82, 2.24) is 5.32 Å². The van der Waals surface area contributed by atoms with Gasteiger partial charge in [0.05, 0.1) is 12.1 Å². The molecule has 1 aromatic rings. The van der Waals surface area contributed by atoms with Gasteiger partial charge in [0.25, 0.3) is 0 Å². The Morgan fingerprint density at radius 3 is 2.50 bits per heavy atom. The molecule has 0 amide bonds. The highest BCUT2D eigenvalue weighted by atomic mass is 35.5. The fourth-order valence-electron chi connectivity index (χ4n) is 1.82. The lowest BCUT2D eigenvalue weighted by Gasteiger charge is -2.17. The summed E-state index contributed by atoms with van der Waals surface area (Å²) in [6.07, 6.45) is 0.974. The van der Waals surface area contributed by atoms with E-state index in [0.717, 1.165) is 12.2 Å². The normalized spacial score (nSPS) is 12.9. The predicted octanol–water partition coefficient (Wildman–Crippen LogP) is 3.28. The molecule has 90 valence electrons. The summed E-state index contributed by atoms with van der Waals surface area (Å²) in [5.74, 6) is 0.731. The first-order chi connectivity index (χ1) is 7.52. The van der Waals surface area contributed by atoms with Crippen molar-refractivity contribution in [3.8, 4) is 5.75 Å². The lowest BCUT2D eigenvalue weighted by molar-refractivity contribution is 0.414. The first-order valence-corrected chi connectivity index (χ1v) is 5.99. The molecule has 0 aliphatic heterocycles. The average Bonchev–Trinajstić information content (AvgIpc) is 2.16. The van der Waals surface area contributed by atoms with Crippen LogP contribution in [0.3, 0.4) is 0 Å². The zero-order valence-corrected chi connectivity index (χ0v) is 11.1. The fraction of sp³-hybridized carbons (Fsp3) is 0.538. The Bertz CT molecular complexity index is 339. The molecule has 1 aromatic carbocycles. The van der Waals surface area contributed by atoms with E-state index in [0.29, 0.717) is 17.1 Å². The Kier molecular flexibility index (Phi) is 5.10. The van der Waals surface area contributed by atoms with E-state index < -0.39 is 0 Å². The molecule has 1 N–H and O–H groups in total. The van der Waals surface area contributed by atoms with Crippen LogP contribution in [0.2, 0.25) is 5.02 Å². The molecule has 16 heavy (non-hydrogen) atoms. The van der Waals surface area contributed by atoms with Crippen molar-refractivity contribution < 1.29 is 4.74 Å². The third-order valence-electron chi connectivity index (χ3n) is 2.38. The van der Waals surface area contributed by atoms with Crippen LogP contribution in [0.5, 0.6) is 5.75 Å². The third kappa shape index (κ3) is 4.03. The van der Waals surface area contributed by atoms with Crippen molar-refractivity contribution >= 4 is 11.6 Å². The number of hydrogen-bond donors (Lipinski definition) is 1. The van der Waals surface area contributed by atoms with E-state index in [4.69, 9.17) is 16.3 Å². The smallest absolute Gasteiger partial charge is 0.137 e. The number of halogens is 1. The largest absolute Gasteiger partial charge is 0.495 e. The van der Waals surface area contributed by atoms with Gasteiger partial charge in [0.2, 0.25) is 0 Å². The molecule has 0 radical (unpaired) electrons. The SMILES string of the molecule is COc1ccc(CC(C)NC(C)C)cc1Cl. The minimum Gasteiger partial charge on any atom is -0.495 e. The predicted molar refractivity (Wildman–Crippen MR) is 69.4 cm³/mol. The number of hydrogen-bond acceptors (Lipinski definition) is 2. The van der Waals surface area contributed by atoms with Gasteiger partial charge >= 0.3 is 0 Å². The maximum Gasteiger partial charge on any atom is 0.137 e. The van der Waals surface area contributed by atoms with E-state index in [2.05, 4.69) is 32.2 Å². The van der Waals surface area contributed by atoms with Crippen molar-refractivity contribution in [3.05, 3.63) is 28.8 Å². The van der Waals surface area contributed by atoms with Crippen LogP contribution in [0.1, 0.15) is 26.3 Å². The van der Waals surface area contributed by atoms with Crippen molar-refractivity contribution in [2.24, 2.45) is 0 Å². The first kappa shape index (κ1) is 13.3.